The van der Waals surface area contributed by atoms with Gasteiger partial charge in [0.25, 0.3) is 5.91 Å². The van der Waals surface area contributed by atoms with Crippen molar-refractivity contribution in [2.75, 3.05) is 17.7 Å². The van der Waals surface area contributed by atoms with E-state index in [1.807, 2.05) is 56.3 Å². The fourth-order valence-corrected chi connectivity index (χ4v) is 2.67. The summed E-state index contributed by atoms with van der Waals surface area (Å²) in [6.45, 7) is 4.61. The first kappa shape index (κ1) is 18.5. The number of hydrogen-bond acceptors (Lipinski definition) is 4. The summed E-state index contributed by atoms with van der Waals surface area (Å²) < 4.78 is 5.16. The van der Waals surface area contributed by atoms with E-state index in [9.17, 15) is 4.79 Å². The van der Waals surface area contributed by atoms with Gasteiger partial charge < -0.3 is 15.4 Å². The van der Waals surface area contributed by atoms with Gasteiger partial charge in [0, 0.05) is 24.6 Å². The van der Waals surface area contributed by atoms with E-state index in [0.29, 0.717) is 12.1 Å². The average Bonchev–Trinajstić information content (AvgIpc) is 2.69. The lowest BCUT2D eigenvalue weighted by atomic mass is 10.1. The summed E-state index contributed by atoms with van der Waals surface area (Å²) in [5.41, 5.74) is 5.35. The Morgan fingerprint density at radius 1 is 1.04 bits per heavy atom. The smallest absolute Gasteiger partial charge is 0.257 e. The minimum atomic E-state index is -0.177. The Morgan fingerprint density at radius 3 is 2.56 bits per heavy atom. The Balaban J connectivity index is 1.67. The zero-order valence-electron chi connectivity index (χ0n) is 15.7. The van der Waals surface area contributed by atoms with Crippen molar-refractivity contribution in [1.82, 2.24) is 4.98 Å². The molecule has 5 nitrogen and oxygen atoms in total. The van der Waals surface area contributed by atoms with E-state index in [1.165, 1.54) is 0 Å². The first-order valence-corrected chi connectivity index (χ1v) is 8.75. The van der Waals surface area contributed by atoms with Crippen molar-refractivity contribution in [3.63, 3.8) is 0 Å². The van der Waals surface area contributed by atoms with Crippen LogP contribution in [0.5, 0.6) is 5.75 Å². The molecule has 0 saturated carbocycles. The molecule has 2 aromatic carbocycles. The summed E-state index contributed by atoms with van der Waals surface area (Å²) in [6, 6.07) is 15.6. The quantitative estimate of drug-likeness (QED) is 0.675. The van der Waals surface area contributed by atoms with E-state index >= 15 is 0 Å². The van der Waals surface area contributed by atoms with Crippen LogP contribution in [0.4, 0.5) is 11.4 Å². The Labute approximate surface area is 159 Å². The van der Waals surface area contributed by atoms with E-state index in [1.54, 1.807) is 25.6 Å². The number of pyridine rings is 1. The topological polar surface area (TPSA) is 63.2 Å². The van der Waals surface area contributed by atoms with Gasteiger partial charge in [-0.25, -0.2) is 0 Å². The van der Waals surface area contributed by atoms with Crippen LogP contribution in [-0.4, -0.2) is 18.0 Å². The second-order valence-corrected chi connectivity index (χ2v) is 6.44. The van der Waals surface area contributed by atoms with E-state index in [2.05, 4.69) is 15.6 Å². The average molecular weight is 361 g/mol. The number of ether oxygens (including phenoxy) is 1. The number of nitrogens with zero attached hydrogens (tertiary/aromatic N) is 1. The number of aromatic nitrogens is 1. The van der Waals surface area contributed by atoms with Crippen LogP contribution in [0.1, 0.15) is 27.0 Å². The summed E-state index contributed by atoms with van der Waals surface area (Å²) in [4.78, 5) is 16.8. The number of carbonyl (C=O) groups is 1. The molecule has 2 N–H and O–H groups in total. The van der Waals surface area contributed by atoms with E-state index in [4.69, 9.17) is 4.74 Å². The van der Waals surface area contributed by atoms with Crippen LogP contribution >= 0.6 is 0 Å². The highest BCUT2D eigenvalue weighted by Crippen LogP contribution is 2.18. The number of nitrogens with one attached hydrogen (secondary N) is 2. The molecule has 0 spiro atoms. The van der Waals surface area contributed by atoms with Crippen LogP contribution in [0, 0.1) is 13.8 Å². The summed E-state index contributed by atoms with van der Waals surface area (Å²) >= 11 is 0. The Hall–Kier alpha value is -3.34. The molecule has 0 bridgehead atoms. The van der Waals surface area contributed by atoms with Gasteiger partial charge in [-0.1, -0.05) is 24.3 Å². The normalized spacial score (nSPS) is 10.3. The molecule has 0 atom stereocenters. The highest BCUT2D eigenvalue weighted by atomic mass is 16.5. The van der Waals surface area contributed by atoms with Gasteiger partial charge in [-0.05, 0) is 54.8 Å². The maximum atomic E-state index is 12.6. The van der Waals surface area contributed by atoms with Gasteiger partial charge in [0.05, 0.1) is 18.4 Å². The molecule has 0 aliphatic heterocycles. The molecule has 0 aliphatic rings. The van der Waals surface area contributed by atoms with Gasteiger partial charge in [-0.2, -0.15) is 0 Å². The molecule has 1 heterocycles. The van der Waals surface area contributed by atoms with E-state index in [0.717, 1.165) is 33.8 Å². The summed E-state index contributed by atoms with van der Waals surface area (Å²) in [5, 5.41) is 6.26. The molecular formula is C22H23N3O2. The SMILES string of the molecule is COc1ccc(CNc2cncc(C(=O)Nc3cc(C)ccc3C)c2)cc1. The molecule has 0 radical (unpaired) electrons. The highest BCUT2D eigenvalue weighted by Gasteiger charge is 2.09. The molecule has 138 valence electrons. The van der Waals surface area contributed by atoms with Crippen molar-refractivity contribution >= 4 is 17.3 Å². The molecule has 0 aliphatic carbocycles. The van der Waals surface area contributed by atoms with Gasteiger partial charge >= 0.3 is 0 Å². The third kappa shape index (κ3) is 4.85. The van der Waals surface area contributed by atoms with Crippen LogP contribution in [0.3, 0.4) is 0 Å². The number of anilines is 2. The van der Waals surface area contributed by atoms with Crippen LogP contribution in [0.25, 0.3) is 0 Å². The number of methoxy groups -OCH3 is 1. The Morgan fingerprint density at radius 2 is 1.81 bits per heavy atom. The lowest BCUT2D eigenvalue weighted by Crippen LogP contribution is -2.13. The summed E-state index contributed by atoms with van der Waals surface area (Å²) in [6.07, 6.45) is 3.28. The first-order valence-electron chi connectivity index (χ1n) is 8.75. The lowest BCUT2D eigenvalue weighted by Gasteiger charge is -2.11. The van der Waals surface area contributed by atoms with Crippen molar-refractivity contribution < 1.29 is 9.53 Å². The number of carbonyl (C=O) groups excluding carboxylic acids is 1. The van der Waals surface area contributed by atoms with Crippen molar-refractivity contribution in [2.24, 2.45) is 0 Å². The van der Waals surface area contributed by atoms with E-state index < -0.39 is 0 Å². The number of amides is 1. The van der Waals surface area contributed by atoms with Gasteiger partial charge in [0.15, 0.2) is 0 Å². The zero-order valence-corrected chi connectivity index (χ0v) is 15.7. The molecule has 5 heteroatoms. The van der Waals surface area contributed by atoms with Crippen molar-refractivity contribution in [3.8, 4) is 5.75 Å². The van der Waals surface area contributed by atoms with Gasteiger partial charge in [0.2, 0.25) is 0 Å². The maximum Gasteiger partial charge on any atom is 0.257 e. The monoisotopic (exact) mass is 361 g/mol. The largest absolute Gasteiger partial charge is 0.497 e. The fraction of sp³-hybridized carbons (Fsp3) is 0.182. The summed E-state index contributed by atoms with van der Waals surface area (Å²) in [5.74, 6) is 0.648. The third-order valence-corrected chi connectivity index (χ3v) is 4.30. The maximum absolute atomic E-state index is 12.6. The van der Waals surface area contributed by atoms with Crippen molar-refractivity contribution in [2.45, 2.75) is 20.4 Å². The molecule has 1 aromatic heterocycles. The molecule has 3 rings (SSSR count). The first-order chi connectivity index (χ1) is 13.0. The standard InChI is InChI=1S/C22H23N3O2/c1-15-4-5-16(2)21(10-15)25-22(26)18-11-19(14-23-13-18)24-12-17-6-8-20(27-3)9-7-17/h4-11,13-14,24H,12H2,1-3H3,(H,25,26). The third-order valence-electron chi connectivity index (χ3n) is 4.30. The lowest BCUT2D eigenvalue weighted by molar-refractivity contribution is 0.102. The van der Waals surface area contributed by atoms with Crippen LogP contribution in [0.2, 0.25) is 0 Å². The molecular weight excluding hydrogens is 338 g/mol. The minimum Gasteiger partial charge on any atom is -0.497 e. The minimum absolute atomic E-state index is 0.177. The molecule has 3 aromatic rings. The Kier molecular flexibility index (Phi) is 5.71. The van der Waals surface area contributed by atoms with Crippen LogP contribution in [0.15, 0.2) is 60.9 Å². The number of hydrogen-bond donors (Lipinski definition) is 2. The summed E-state index contributed by atoms with van der Waals surface area (Å²) in [7, 11) is 1.65. The van der Waals surface area contributed by atoms with Crippen LogP contribution in [-0.2, 0) is 6.54 Å². The van der Waals surface area contributed by atoms with Crippen molar-refractivity contribution in [1.29, 1.82) is 0 Å². The number of aryl methyl sites for hydroxylation is 2. The molecule has 0 saturated heterocycles. The second kappa shape index (κ2) is 8.36. The van der Waals surface area contributed by atoms with Crippen molar-refractivity contribution in [3.05, 3.63) is 83.2 Å². The predicted octanol–water partition coefficient (Wildman–Crippen LogP) is 4.57. The molecule has 0 unspecified atom stereocenters. The zero-order chi connectivity index (χ0) is 19.2. The van der Waals surface area contributed by atoms with Gasteiger partial charge in [0.1, 0.15) is 5.75 Å². The molecule has 1 amide bonds. The van der Waals surface area contributed by atoms with Crippen LogP contribution < -0.4 is 15.4 Å². The van der Waals surface area contributed by atoms with E-state index in [-0.39, 0.29) is 5.91 Å². The van der Waals surface area contributed by atoms with Gasteiger partial charge in [-0.3, -0.25) is 9.78 Å². The molecule has 27 heavy (non-hydrogen) atoms. The Bertz CT molecular complexity index is 937. The number of benzene rings is 2. The fourth-order valence-electron chi connectivity index (χ4n) is 2.67. The molecule has 0 fully saturated rings. The second-order valence-electron chi connectivity index (χ2n) is 6.44. The predicted molar refractivity (Wildman–Crippen MR) is 108 cm³/mol. The van der Waals surface area contributed by atoms with Gasteiger partial charge in [-0.15, -0.1) is 0 Å². The number of rotatable bonds is 6. The highest BCUT2D eigenvalue weighted by molar-refractivity contribution is 6.05.